The quantitative estimate of drug-likeness (QED) is 0.569. The van der Waals surface area contributed by atoms with Gasteiger partial charge in [-0.15, -0.1) is 0 Å². The molecule has 146 valence electrons. The maximum Gasteiger partial charge on any atom is 0.280 e. The SMILES string of the molecule is CCc1cccc(-n2c(=O)c3cccnc3n2CC(=O)Nc2cccc(C)c2)c1. The van der Waals surface area contributed by atoms with Crippen LogP contribution in [0.5, 0.6) is 0 Å². The van der Waals surface area contributed by atoms with E-state index in [1.165, 1.54) is 4.68 Å². The summed E-state index contributed by atoms with van der Waals surface area (Å²) in [6.45, 7) is 4.01. The van der Waals surface area contributed by atoms with Gasteiger partial charge in [0.15, 0.2) is 5.65 Å². The highest BCUT2D eigenvalue weighted by Crippen LogP contribution is 2.16. The van der Waals surface area contributed by atoms with Crippen LogP contribution in [0, 0.1) is 6.92 Å². The van der Waals surface area contributed by atoms with Gasteiger partial charge in [0.2, 0.25) is 5.91 Å². The average molecular weight is 386 g/mol. The molecule has 0 unspecified atom stereocenters. The second-order valence-electron chi connectivity index (χ2n) is 6.99. The molecule has 0 saturated heterocycles. The first-order valence-electron chi connectivity index (χ1n) is 9.59. The summed E-state index contributed by atoms with van der Waals surface area (Å²) in [5, 5.41) is 3.39. The Morgan fingerprint density at radius 2 is 1.90 bits per heavy atom. The lowest BCUT2D eigenvalue weighted by Crippen LogP contribution is -2.27. The van der Waals surface area contributed by atoms with Crippen LogP contribution in [0.25, 0.3) is 16.7 Å². The summed E-state index contributed by atoms with van der Waals surface area (Å²) >= 11 is 0. The Labute approximate surface area is 168 Å². The Morgan fingerprint density at radius 3 is 2.69 bits per heavy atom. The zero-order valence-electron chi connectivity index (χ0n) is 16.4. The minimum atomic E-state index is -0.224. The maximum atomic E-state index is 13.1. The van der Waals surface area contributed by atoms with Gasteiger partial charge in [-0.3, -0.25) is 14.3 Å². The first kappa shape index (κ1) is 18.7. The number of nitrogens with one attached hydrogen (secondary N) is 1. The van der Waals surface area contributed by atoms with Gasteiger partial charge < -0.3 is 5.32 Å². The molecule has 0 aliphatic rings. The predicted octanol–water partition coefficient (Wildman–Crippen LogP) is 3.70. The summed E-state index contributed by atoms with van der Waals surface area (Å²) in [5.41, 5.74) is 3.91. The number of aromatic nitrogens is 3. The second-order valence-corrected chi connectivity index (χ2v) is 6.99. The molecule has 2 heterocycles. The highest BCUT2D eigenvalue weighted by atomic mass is 16.2. The molecule has 2 aromatic carbocycles. The summed E-state index contributed by atoms with van der Waals surface area (Å²) in [6.07, 6.45) is 2.48. The van der Waals surface area contributed by atoms with Crippen molar-refractivity contribution in [1.82, 2.24) is 14.3 Å². The van der Waals surface area contributed by atoms with Crippen molar-refractivity contribution in [2.24, 2.45) is 0 Å². The number of nitrogens with zero attached hydrogens (tertiary/aromatic N) is 3. The van der Waals surface area contributed by atoms with Crippen molar-refractivity contribution in [3.05, 3.63) is 88.3 Å². The fraction of sp³-hybridized carbons (Fsp3) is 0.174. The first-order valence-corrected chi connectivity index (χ1v) is 9.59. The van der Waals surface area contributed by atoms with E-state index in [-0.39, 0.29) is 18.0 Å². The number of fused-ring (bicyclic) bond motifs is 1. The van der Waals surface area contributed by atoms with Crippen molar-refractivity contribution in [2.75, 3.05) is 5.32 Å². The highest BCUT2D eigenvalue weighted by Gasteiger charge is 2.18. The zero-order valence-corrected chi connectivity index (χ0v) is 16.4. The number of anilines is 1. The number of carbonyl (C=O) groups is 1. The van der Waals surface area contributed by atoms with E-state index >= 15 is 0 Å². The van der Waals surface area contributed by atoms with E-state index in [2.05, 4.69) is 17.2 Å². The highest BCUT2D eigenvalue weighted by molar-refractivity contribution is 5.91. The van der Waals surface area contributed by atoms with Crippen molar-refractivity contribution in [1.29, 1.82) is 0 Å². The van der Waals surface area contributed by atoms with Gasteiger partial charge in [0.25, 0.3) is 5.56 Å². The van der Waals surface area contributed by atoms with E-state index in [9.17, 15) is 9.59 Å². The molecular weight excluding hydrogens is 364 g/mol. The summed E-state index contributed by atoms with van der Waals surface area (Å²) < 4.78 is 3.17. The first-order chi connectivity index (χ1) is 14.1. The van der Waals surface area contributed by atoms with Crippen LogP contribution in [0.3, 0.4) is 0 Å². The minimum Gasteiger partial charge on any atom is -0.324 e. The molecule has 0 aliphatic carbocycles. The molecule has 0 fully saturated rings. The third-order valence-electron chi connectivity index (χ3n) is 4.85. The van der Waals surface area contributed by atoms with Gasteiger partial charge in [-0.25, -0.2) is 9.67 Å². The summed E-state index contributed by atoms with van der Waals surface area (Å²) in [6, 6.07) is 18.8. The largest absolute Gasteiger partial charge is 0.324 e. The monoisotopic (exact) mass is 386 g/mol. The fourth-order valence-corrected chi connectivity index (χ4v) is 3.46. The molecule has 6 heteroatoms. The molecule has 0 atom stereocenters. The van der Waals surface area contributed by atoms with Crippen LogP contribution in [-0.2, 0) is 17.8 Å². The lowest BCUT2D eigenvalue weighted by molar-refractivity contribution is -0.116. The molecule has 2 aromatic heterocycles. The number of rotatable bonds is 5. The summed E-state index contributed by atoms with van der Waals surface area (Å²) in [7, 11) is 0. The fourth-order valence-electron chi connectivity index (χ4n) is 3.46. The second kappa shape index (κ2) is 7.75. The molecule has 0 aliphatic heterocycles. The van der Waals surface area contributed by atoms with E-state index in [0.29, 0.717) is 11.0 Å². The Hall–Kier alpha value is -3.67. The molecule has 1 amide bonds. The number of amides is 1. The Kier molecular flexibility index (Phi) is 4.99. The van der Waals surface area contributed by atoms with Crippen LogP contribution >= 0.6 is 0 Å². The van der Waals surface area contributed by atoms with Crippen molar-refractivity contribution >= 4 is 22.6 Å². The Morgan fingerprint density at radius 1 is 1.07 bits per heavy atom. The van der Waals surface area contributed by atoms with E-state index in [4.69, 9.17) is 0 Å². The van der Waals surface area contributed by atoms with Crippen LogP contribution < -0.4 is 10.9 Å². The molecule has 0 radical (unpaired) electrons. The Bertz CT molecular complexity index is 1250. The molecule has 4 rings (SSSR count). The van der Waals surface area contributed by atoms with E-state index in [0.717, 1.165) is 28.9 Å². The molecule has 0 saturated carbocycles. The van der Waals surface area contributed by atoms with Gasteiger partial charge in [-0.2, -0.15) is 0 Å². The van der Waals surface area contributed by atoms with Gasteiger partial charge in [-0.1, -0.05) is 31.2 Å². The number of carbonyl (C=O) groups excluding carboxylic acids is 1. The number of aryl methyl sites for hydroxylation is 2. The van der Waals surface area contributed by atoms with E-state index in [1.54, 1.807) is 23.0 Å². The Balaban J connectivity index is 1.78. The predicted molar refractivity (Wildman–Crippen MR) is 115 cm³/mol. The third kappa shape index (κ3) is 3.69. The van der Waals surface area contributed by atoms with Gasteiger partial charge in [0.05, 0.1) is 11.1 Å². The smallest absolute Gasteiger partial charge is 0.280 e. The van der Waals surface area contributed by atoms with Crippen molar-refractivity contribution < 1.29 is 4.79 Å². The van der Waals surface area contributed by atoms with Crippen molar-refractivity contribution in [3.63, 3.8) is 0 Å². The van der Waals surface area contributed by atoms with Crippen LogP contribution in [0.4, 0.5) is 5.69 Å². The maximum absolute atomic E-state index is 13.1. The lowest BCUT2D eigenvalue weighted by Gasteiger charge is -2.13. The third-order valence-corrected chi connectivity index (χ3v) is 4.85. The molecule has 1 N–H and O–H groups in total. The summed E-state index contributed by atoms with van der Waals surface area (Å²) in [5.74, 6) is -0.224. The van der Waals surface area contributed by atoms with E-state index < -0.39 is 0 Å². The van der Waals surface area contributed by atoms with Crippen LogP contribution in [0.15, 0.2) is 71.7 Å². The standard InChI is InChI=1S/C23H22N4O2/c1-3-17-8-5-10-19(14-17)27-23(29)20-11-6-12-24-22(20)26(27)15-21(28)25-18-9-4-7-16(2)13-18/h4-14H,3,15H2,1-2H3,(H,25,28). The number of benzene rings is 2. The molecule has 0 spiro atoms. The zero-order chi connectivity index (χ0) is 20.4. The molecule has 6 nitrogen and oxygen atoms in total. The van der Waals surface area contributed by atoms with Crippen molar-refractivity contribution in [2.45, 2.75) is 26.8 Å². The van der Waals surface area contributed by atoms with E-state index in [1.807, 2.05) is 55.5 Å². The van der Waals surface area contributed by atoms with Gasteiger partial charge in [-0.05, 0) is 60.9 Å². The number of hydrogen-bond donors (Lipinski definition) is 1. The number of pyridine rings is 1. The van der Waals surface area contributed by atoms with Gasteiger partial charge in [0, 0.05) is 11.9 Å². The topological polar surface area (TPSA) is 68.9 Å². The molecule has 4 aromatic rings. The van der Waals surface area contributed by atoms with Gasteiger partial charge in [0.1, 0.15) is 6.54 Å². The molecule has 0 bridgehead atoms. The normalized spacial score (nSPS) is 11.0. The van der Waals surface area contributed by atoms with Crippen LogP contribution in [-0.4, -0.2) is 20.3 Å². The minimum absolute atomic E-state index is 0.0277. The number of hydrogen-bond acceptors (Lipinski definition) is 3. The summed E-state index contributed by atoms with van der Waals surface area (Å²) in [4.78, 5) is 30.2. The molecule has 29 heavy (non-hydrogen) atoms. The van der Waals surface area contributed by atoms with Crippen molar-refractivity contribution in [3.8, 4) is 5.69 Å². The average Bonchev–Trinajstić information content (AvgIpc) is 3.00. The lowest BCUT2D eigenvalue weighted by atomic mass is 10.1. The molecular formula is C23H22N4O2. The van der Waals surface area contributed by atoms with Crippen LogP contribution in [0.2, 0.25) is 0 Å². The van der Waals surface area contributed by atoms with Gasteiger partial charge >= 0.3 is 0 Å². The van der Waals surface area contributed by atoms with Crippen LogP contribution in [0.1, 0.15) is 18.1 Å².